The second-order valence-corrected chi connectivity index (χ2v) is 6.48. The van der Waals surface area contributed by atoms with E-state index >= 15 is 0 Å². The summed E-state index contributed by atoms with van der Waals surface area (Å²) in [5.74, 6) is -0.888. The number of amides is 1. The molecule has 0 aliphatic carbocycles. The van der Waals surface area contributed by atoms with Crippen molar-refractivity contribution in [2.75, 3.05) is 26.8 Å². The van der Waals surface area contributed by atoms with Crippen molar-refractivity contribution in [2.45, 2.75) is 19.3 Å². The molecule has 2 heterocycles. The van der Waals surface area contributed by atoms with Gasteiger partial charge in [-0.25, -0.2) is 0 Å². The maximum Gasteiger partial charge on any atom is 0.313 e. The number of hydrogen-bond donors (Lipinski definition) is 2. The fraction of sp³-hybridized carbons (Fsp3) is 0.444. The summed E-state index contributed by atoms with van der Waals surface area (Å²) in [4.78, 5) is 28.8. The third-order valence-electron chi connectivity index (χ3n) is 4.83. The van der Waals surface area contributed by atoms with Crippen LogP contribution in [0.5, 0.6) is 0 Å². The Bertz CT molecular complexity index is 754. The predicted molar refractivity (Wildman–Crippen MR) is 89.8 cm³/mol. The molecule has 1 aliphatic heterocycles. The van der Waals surface area contributed by atoms with Crippen LogP contribution < -0.4 is 0 Å². The summed E-state index contributed by atoms with van der Waals surface area (Å²) in [5.41, 5.74) is 1.22. The van der Waals surface area contributed by atoms with Crippen LogP contribution in [0.25, 0.3) is 10.9 Å². The predicted octanol–water partition coefficient (Wildman–Crippen LogP) is 2.05. The van der Waals surface area contributed by atoms with Crippen molar-refractivity contribution in [2.24, 2.45) is 5.41 Å². The maximum absolute atomic E-state index is 12.4. The molecular formula is C18H22N2O4. The van der Waals surface area contributed by atoms with E-state index < -0.39 is 11.4 Å². The van der Waals surface area contributed by atoms with Crippen molar-refractivity contribution in [3.8, 4) is 0 Å². The Hall–Kier alpha value is -2.34. The number of aryl methyl sites for hydroxylation is 1. The van der Waals surface area contributed by atoms with Crippen LogP contribution in [0.3, 0.4) is 0 Å². The third kappa shape index (κ3) is 3.14. The lowest BCUT2D eigenvalue weighted by Crippen LogP contribution is -2.40. The molecule has 1 aromatic carbocycles. The zero-order valence-electron chi connectivity index (χ0n) is 13.7. The van der Waals surface area contributed by atoms with Crippen LogP contribution in [0.4, 0.5) is 0 Å². The summed E-state index contributed by atoms with van der Waals surface area (Å²) in [6, 6.07) is 8.12. The average molecular weight is 330 g/mol. The first-order valence-corrected chi connectivity index (χ1v) is 8.10. The molecule has 1 saturated heterocycles. The molecule has 0 spiro atoms. The van der Waals surface area contributed by atoms with Gasteiger partial charge in [0.25, 0.3) is 0 Å². The highest BCUT2D eigenvalue weighted by molar-refractivity contribution is 5.82. The number of nitrogens with zero attached hydrogens (tertiary/aromatic N) is 1. The highest BCUT2D eigenvalue weighted by Gasteiger charge is 2.46. The fourth-order valence-electron chi connectivity index (χ4n) is 3.38. The Labute approximate surface area is 140 Å². The van der Waals surface area contributed by atoms with Gasteiger partial charge >= 0.3 is 5.97 Å². The molecule has 0 radical (unpaired) electrons. The van der Waals surface area contributed by atoms with E-state index in [1.165, 1.54) is 7.11 Å². The molecule has 2 N–H and O–H groups in total. The van der Waals surface area contributed by atoms with Crippen LogP contribution in [-0.4, -0.2) is 53.7 Å². The van der Waals surface area contributed by atoms with Gasteiger partial charge in [0.05, 0.1) is 6.61 Å². The minimum Gasteiger partial charge on any atom is -0.481 e. The molecule has 1 amide bonds. The SMILES string of the molecule is COCC1(C(=O)O)CCN(C(=O)CCc2ccc3[nH]ccc3c2)C1. The van der Waals surface area contributed by atoms with E-state index in [1.54, 1.807) is 4.90 Å². The number of carbonyl (C=O) groups is 2. The van der Waals surface area contributed by atoms with E-state index in [0.29, 0.717) is 25.8 Å². The van der Waals surface area contributed by atoms with Gasteiger partial charge in [-0.2, -0.15) is 0 Å². The summed E-state index contributed by atoms with van der Waals surface area (Å²) in [5, 5.41) is 10.6. The van der Waals surface area contributed by atoms with Gasteiger partial charge < -0.3 is 19.7 Å². The Balaban J connectivity index is 1.60. The van der Waals surface area contributed by atoms with Crippen molar-refractivity contribution in [3.05, 3.63) is 36.0 Å². The second kappa shape index (κ2) is 6.65. The summed E-state index contributed by atoms with van der Waals surface area (Å²) in [6.45, 7) is 0.841. The van der Waals surface area contributed by atoms with Crippen molar-refractivity contribution in [1.82, 2.24) is 9.88 Å². The van der Waals surface area contributed by atoms with Crippen molar-refractivity contribution >= 4 is 22.8 Å². The number of aromatic nitrogens is 1. The Morgan fingerprint density at radius 1 is 1.38 bits per heavy atom. The van der Waals surface area contributed by atoms with Gasteiger partial charge in [0.2, 0.25) is 5.91 Å². The number of hydrogen-bond acceptors (Lipinski definition) is 3. The monoisotopic (exact) mass is 330 g/mol. The molecule has 3 rings (SSSR count). The Morgan fingerprint density at radius 3 is 2.96 bits per heavy atom. The van der Waals surface area contributed by atoms with Crippen LogP contribution in [0, 0.1) is 5.41 Å². The molecule has 1 fully saturated rings. The number of likely N-dealkylation sites (tertiary alicyclic amines) is 1. The van der Waals surface area contributed by atoms with E-state index in [-0.39, 0.29) is 19.1 Å². The lowest BCUT2D eigenvalue weighted by atomic mass is 9.88. The Kier molecular flexibility index (Phi) is 4.57. The number of methoxy groups -OCH3 is 1. The number of fused-ring (bicyclic) bond motifs is 1. The number of aromatic amines is 1. The number of aliphatic carboxylic acids is 1. The lowest BCUT2D eigenvalue weighted by molar-refractivity contribution is -0.151. The topological polar surface area (TPSA) is 82.6 Å². The van der Waals surface area contributed by atoms with Crippen molar-refractivity contribution < 1.29 is 19.4 Å². The van der Waals surface area contributed by atoms with Crippen LogP contribution >= 0.6 is 0 Å². The molecule has 24 heavy (non-hydrogen) atoms. The number of rotatable bonds is 6. The summed E-state index contributed by atoms with van der Waals surface area (Å²) in [7, 11) is 1.49. The average Bonchev–Trinajstić information content (AvgIpc) is 3.20. The smallest absolute Gasteiger partial charge is 0.313 e. The molecule has 2 aromatic rings. The molecule has 6 heteroatoms. The number of ether oxygens (including phenoxy) is 1. The number of nitrogens with one attached hydrogen (secondary N) is 1. The molecule has 128 valence electrons. The van der Waals surface area contributed by atoms with Crippen molar-refractivity contribution in [3.63, 3.8) is 0 Å². The largest absolute Gasteiger partial charge is 0.481 e. The van der Waals surface area contributed by atoms with Gasteiger partial charge in [-0.05, 0) is 42.0 Å². The van der Waals surface area contributed by atoms with Gasteiger partial charge in [-0.15, -0.1) is 0 Å². The van der Waals surface area contributed by atoms with Crippen LogP contribution in [0.1, 0.15) is 18.4 Å². The van der Waals surface area contributed by atoms with E-state index in [2.05, 4.69) is 11.1 Å². The van der Waals surface area contributed by atoms with Gasteiger partial charge in [-0.1, -0.05) is 6.07 Å². The lowest BCUT2D eigenvalue weighted by Gasteiger charge is -2.23. The van der Waals surface area contributed by atoms with E-state index in [9.17, 15) is 14.7 Å². The molecule has 6 nitrogen and oxygen atoms in total. The zero-order valence-corrected chi connectivity index (χ0v) is 13.7. The highest BCUT2D eigenvalue weighted by Crippen LogP contribution is 2.31. The first-order valence-electron chi connectivity index (χ1n) is 8.10. The number of H-pyrrole nitrogens is 1. The number of benzene rings is 1. The van der Waals surface area contributed by atoms with E-state index in [4.69, 9.17) is 4.74 Å². The maximum atomic E-state index is 12.4. The summed E-state index contributed by atoms with van der Waals surface area (Å²) < 4.78 is 5.06. The van der Waals surface area contributed by atoms with Gasteiger partial charge in [0, 0.05) is 38.3 Å². The first-order chi connectivity index (χ1) is 11.5. The minimum absolute atomic E-state index is 0.00314. The fourth-order valence-corrected chi connectivity index (χ4v) is 3.38. The number of carbonyl (C=O) groups excluding carboxylic acids is 1. The standard InChI is InChI=1S/C18H22N2O4/c1-24-12-18(17(22)23)7-9-20(11-18)16(21)5-3-13-2-4-15-14(10-13)6-8-19-15/h2,4,6,8,10,19H,3,5,7,9,11-12H2,1H3,(H,22,23). The van der Waals surface area contributed by atoms with Crippen LogP contribution in [-0.2, 0) is 20.7 Å². The molecule has 1 unspecified atom stereocenters. The van der Waals surface area contributed by atoms with E-state index in [1.807, 2.05) is 24.4 Å². The molecule has 1 aliphatic rings. The molecule has 0 bridgehead atoms. The number of carboxylic acids is 1. The molecule has 0 saturated carbocycles. The minimum atomic E-state index is -0.964. The normalized spacial score (nSPS) is 20.6. The summed E-state index contributed by atoms with van der Waals surface area (Å²) >= 11 is 0. The quantitative estimate of drug-likeness (QED) is 0.849. The zero-order chi connectivity index (χ0) is 17.2. The number of carboxylic acid groups (broad SMARTS) is 1. The Morgan fingerprint density at radius 2 is 2.21 bits per heavy atom. The molecule has 1 atom stereocenters. The van der Waals surface area contributed by atoms with Gasteiger partial charge in [0.1, 0.15) is 5.41 Å². The second-order valence-electron chi connectivity index (χ2n) is 6.48. The molecule has 1 aromatic heterocycles. The van der Waals surface area contributed by atoms with E-state index in [0.717, 1.165) is 16.5 Å². The highest BCUT2D eigenvalue weighted by atomic mass is 16.5. The molecular weight excluding hydrogens is 308 g/mol. The van der Waals surface area contributed by atoms with Gasteiger partial charge in [0.15, 0.2) is 0 Å². The third-order valence-corrected chi connectivity index (χ3v) is 4.83. The summed E-state index contributed by atoms with van der Waals surface area (Å²) in [6.07, 6.45) is 3.38. The first kappa shape index (κ1) is 16.5. The van der Waals surface area contributed by atoms with Crippen LogP contribution in [0.2, 0.25) is 0 Å². The van der Waals surface area contributed by atoms with Crippen LogP contribution in [0.15, 0.2) is 30.5 Å². The van der Waals surface area contributed by atoms with Gasteiger partial charge in [-0.3, -0.25) is 9.59 Å². The van der Waals surface area contributed by atoms with Crippen molar-refractivity contribution in [1.29, 1.82) is 0 Å².